The summed E-state index contributed by atoms with van der Waals surface area (Å²) < 4.78 is 13.8. The summed E-state index contributed by atoms with van der Waals surface area (Å²) >= 11 is 0. The highest BCUT2D eigenvalue weighted by Gasteiger charge is 2.24. The Bertz CT molecular complexity index is 5200. The molecule has 3 aromatic heterocycles. The minimum absolute atomic E-state index is 0.0375. The molecule has 0 N–H and O–H groups in total. The van der Waals surface area contributed by atoms with Gasteiger partial charge in [-0.3, -0.25) is 13.7 Å². The third-order valence-corrected chi connectivity index (χ3v) is 16.7. The summed E-state index contributed by atoms with van der Waals surface area (Å²) in [7, 11) is 0. The molecule has 0 atom stereocenters. The number of benzene rings is 11. The maximum Gasteiger partial charge on any atom is 0.269 e. The molecular weight excluding hydrogens is 985 g/mol. The van der Waals surface area contributed by atoms with Gasteiger partial charge >= 0.3 is 0 Å². The van der Waals surface area contributed by atoms with Crippen LogP contribution >= 0.6 is 0 Å². The first-order chi connectivity index (χ1) is 39.8. The van der Waals surface area contributed by atoms with Gasteiger partial charge in [-0.25, -0.2) is 4.98 Å². The summed E-state index contributed by atoms with van der Waals surface area (Å²) in [5.41, 5.74) is 7.31. The van der Waals surface area contributed by atoms with Crippen molar-refractivity contribution in [2.24, 2.45) is 0 Å². The van der Waals surface area contributed by atoms with E-state index >= 15 is 0 Å². The molecule has 0 spiro atoms. The predicted octanol–water partition coefficient (Wildman–Crippen LogP) is 19.6. The SMILES string of the molecule is CC(C)(C)c1ccnc(-n2c3ccccc3c3ccc(Oc4cccc(-n5[c-][n+](-c6c7c8ccccc8c8ccccc8c8ccccc8c7cc7c8ccccc8c8ccccc8c8ccccc8c67)c6ccccc65)c4)cc32)c1. The Morgan fingerprint density at radius 1 is 0.370 bits per heavy atom. The molecule has 0 amide bonds. The summed E-state index contributed by atoms with van der Waals surface area (Å²) in [5.74, 6) is 2.32. The third-order valence-electron chi connectivity index (χ3n) is 16.7. The fourth-order valence-electron chi connectivity index (χ4n) is 13.1. The average molecular weight is 1040 g/mol. The normalized spacial score (nSPS) is 12.1. The van der Waals surface area contributed by atoms with Gasteiger partial charge in [-0.2, -0.15) is 0 Å². The van der Waals surface area contributed by atoms with Gasteiger partial charge in [0.1, 0.15) is 17.3 Å². The summed E-state index contributed by atoms with van der Waals surface area (Å²) in [4.78, 5) is 4.94. The highest BCUT2D eigenvalue weighted by molar-refractivity contribution is 6.35. The van der Waals surface area contributed by atoms with Crippen molar-refractivity contribution in [2.45, 2.75) is 26.2 Å². The molecule has 0 fully saturated rings. The number of nitrogens with zero attached hydrogens (tertiary/aromatic N) is 4. The van der Waals surface area contributed by atoms with Gasteiger partial charge < -0.3 is 4.74 Å². The Labute approximate surface area is 467 Å². The van der Waals surface area contributed by atoms with Gasteiger partial charge in [0.05, 0.1) is 33.4 Å². The van der Waals surface area contributed by atoms with Gasteiger partial charge in [-0.15, -0.1) is 0 Å². The molecule has 0 radical (unpaired) electrons. The second-order valence-electron chi connectivity index (χ2n) is 22.4. The van der Waals surface area contributed by atoms with Crippen molar-refractivity contribution in [1.29, 1.82) is 0 Å². The van der Waals surface area contributed by atoms with E-state index in [0.717, 1.165) is 82.7 Å². The topological polar surface area (TPSA) is 35.9 Å². The molecular formula is C76H52N4O. The zero-order chi connectivity index (χ0) is 53.9. The summed E-state index contributed by atoms with van der Waals surface area (Å²) in [5, 5.41) is 21.1. The van der Waals surface area contributed by atoms with Crippen molar-refractivity contribution in [3.63, 3.8) is 0 Å². The molecule has 382 valence electrons. The van der Waals surface area contributed by atoms with Crippen LogP contribution in [0.25, 0.3) is 136 Å². The van der Waals surface area contributed by atoms with Gasteiger partial charge in [-0.1, -0.05) is 215 Å². The van der Waals surface area contributed by atoms with Crippen LogP contribution < -0.4 is 9.30 Å². The van der Waals surface area contributed by atoms with E-state index in [-0.39, 0.29) is 5.41 Å². The second kappa shape index (κ2) is 18.1. The van der Waals surface area contributed by atoms with Crippen molar-refractivity contribution in [3.05, 3.63) is 273 Å². The van der Waals surface area contributed by atoms with Gasteiger partial charge in [-0.05, 0) is 141 Å². The van der Waals surface area contributed by atoms with Crippen molar-refractivity contribution in [1.82, 2.24) is 14.1 Å². The Balaban J connectivity index is 0.993. The third kappa shape index (κ3) is 7.32. The lowest BCUT2D eigenvalue weighted by Gasteiger charge is -2.20. The molecule has 0 aliphatic rings. The molecule has 5 heteroatoms. The van der Waals surface area contributed by atoms with Crippen LogP contribution in [0.4, 0.5) is 0 Å². The molecule has 16 rings (SSSR count). The second-order valence-corrected chi connectivity index (χ2v) is 22.4. The Kier molecular flexibility index (Phi) is 10.4. The van der Waals surface area contributed by atoms with Gasteiger partial charge in [0.2, 0.25) is 0 Å². The Morgan fingerprint density at radius 2 is 0.815 bits per heavy atom. The fraction of sp³-hybridized carbons (Fsp3) is 0.0526. The van der Waals surface area contributed by atoms with Gasteiger partial charge in [0.15, 0.2) is 0 Å². The maximum absolute atomic E-state index is 6.95. The van der Waals surface area contributed by atoms with Crippen molar-refractivity contribution in [3.8, 4) is 28.7 Å². The highest BCUT2D eigenvalue weighted by atomic mass is 16.5. The van der Waals surface area contributed by atoms with Gasteiger partial charge in [0.25, 0.3) is 6.33 Å². The highest BCUT2D eigenvalue weighted by Crippen LogP contribution is 2.45. The molecule has 0 saturated heterocycles. The van der Waals surface area contributed by atoms with Gasteiger partial charge in [0, 0.05) is 33.8 Å². The Morgan fingerprint density at radius 3 is 1.36 bits per heavy atom. The zero-order valence-corrected chi connectivity index (χ0v) is 45.0. The van der Waals surface area contributed by atoms with Crippen LogP contribution in [0.1, 0.15) is 26.3 Å². The lowest BCUT2D eigenvalue weighted by molar-refractivity contribution is -0.569. The maximum atomic E-state index is 6.95. The van der Waals surface area contributed by atoms with Crippen LogP contribution in [0.15, 0.2) is 261 Å². The first kappa shape index (κ1) is 46.7. The number of imidazole rings is 1. The van der Waals surface area contributed by atoms with E-state index in [2.05, 4.69) is 290 Å². The molecule has 0 saturated carbocycles. The van der Waals surface area contributed by atoms with Crippen LogP contribution in [0.3, 0.4) is 0 Å². The van der Waals surface area contributed by atoms with Crippen LogP contribution in [-0.2, 0) is 5.41 Å². The van der Waals surface area contributed by atoms with E-state index in [1.807, 2.05) is 12.3 Å². The Hall–Kier alpha value is -10.4. The molecule has 0 aliphatic carbocycles. The smallest absolute Gasteiger partial charge is 0.269 e. The molecule has 13 aromatic carbocycles. The summed E-state index contributed by atoms with van der Waals surface area (Å²) in [6, 6.07) is 92.7. The fourth-order valence-corrected chi connectivity index (χ4v) is 13.1. The quantitative estimate of drug-likeness (QED) is 0.127. The number of pyridine rings is 1. The molecule has 3 heterocycles. The number of rotatable bonds is 5. The number of fused-ring (bicyclic) bond motifs is 20. The number of ether oxygens (including phenoxy) is 1. The average Bonchev–Trinajstić information content (AvgIpc) is 4.23. The van der Waals surface area contributed by atoms with Crippen molar-refractivity contribution in [2.75, 3.05) is 0 Å². The van der Waals surface area contributed by atoms with E-state index in [9.17, 15) is 0 Å². The van der Waals surface area contributed by atoms with Crippen molar-refractivity contribution >= 4 is 119 Å². The first-order valence-corrected chi connectivity index (χ1v) is 27.9. The van der Waals surface area contributed by atoms with Crippen LogP contribution in [0, 0.1) is 6.33 Å². The molecule has 81 heavy (non-hydrogen) atoms. The lowest BCUT2D eigenvalue weighted by Crippen LogP contribution is -2.30. The van der Waals surface area contributed by atoms with Crippen LogP contribution in [0.2, 0.25) is 0 Å². The van der Waals surface area contributed by atoms with E-state index in [0.29, 0.717) is 5.75 Å². The number of hydrogen-bond acceptors (Lipinski definition) is 2. The zero-order valence-electron chi connectivity index (χ0n) is 45.0. The van der Waals surface area contributed by atoms with E-state index in [1.54, 1.807) is 0 Å². The summed E-state index contributed by atoms with van der Waals surface area (Å²) in [6.45, 7) is 6.73. The number of para-hydroxylation sites is 3. The van der Waals surface area contributed by atoms with Crippen LogP contribution in [-0.4, -0.2) is 14.1 Å². The molecule has 16 aromatic rings. The lowest BCUT2D eigenvalue weighted by atomic mass is 9.88. The van der Waals surface area contributed by atoms with E-state index < -0.39 is 0 Å². The molecule has 5 nitrogen and oxygen atoms in total. The predicted molar refractivity (Wildman–Crippen MR) is 339 cm³/mol. The minimum atomic E-state index is -0.0375. The van der Waals surface area contributed by atoms with E-state index in [4.69, 9.17) is 9.72 Å². The standard InChI is InChI=1S/C76H52N4O/c1-76(2,3)48-41-42-77-72(43-48)80-68-36-17-16-33-62(68)63-40-39-51(45-71(63)80)81-50-22-20-21-49(44-50)78-47-79(70-38-19-18-37-69(70)78)75-73-64-34-14-12-29-58(64)54-25-6-4-23-52(54)56-27-8-10-31-60(56)66(73)46-67-61-32-11-9-28-57(61)53-24-5-7-26-55(53)59-30-13-15-35-65(59)74(67)75/h4-46H,1-3H3. The summed E-state index contributed by atoms with van der Waals surface area (Å²) in [6.07, 6.45) is 6.01. The minimum Gasteiger partial charge on any atom is -0.458 e. The molecule has 0 bridgehead atoms. The number of aromatic nitrogens is 4. The van der Waals surface area contributed by atoms with E-state index in [1.165, 1.54) is 64.8 Å². The number of hydrogen-bond donors (Lipinski definition) is 0. The van der Waals surface area contributed by atoms with Crippen LogP contribution in [0.5, 0.6) is 11.5 Å². The largest absolute Gasteiger partial charge is 0.458 e. The molecule has 0 aliphatic heterocycles. The monoisotopic (exact) mass is 1040 g/mol. The first-order valence-electron chi connectivity index (χ1n) is 27.9. The molecule has 0 unspecified atom stereocenters. The van der Waals surface area contributed by atoms with Crippen molar-refractivity contribution < 1.29 is 9.30 Å².